The number of hydrogen-bond donors (Lipinski definition) is 0. The Balaban J connectivity index is 1.50. The Morgan fingerprint density at radius 1 is 0.692 bits per heavy atom. The molecular formula is C25H31B. The SMILES string of the molecule is [B]C1CCC(c2ccc(-c3ccc(C4CCCCC4)cc3C)cc2)CC1. The average molecular weight is 342 g/mol. The molecule has 0 nitrogen and oxygen atoms in total. The van der Waals surface area contributed by atoms with Gasteiger partial charge in [-0.15, -0.1) is 0 Å². The summed E-state index contributed by atoms with van der Waals surface area (Å²) in [7, 11) is 6.06. The first-order valence-electron chi connectivity index (χ1n) is 10.7. The maximum atomic E-state index is 6.06. The fraction of sp³-hybridized carbons (Fsp3) is 0.520. The molecule has 0 aromatic heterocycles. The predicted molar refractivity (Wildman–Crippen MR) is 113 cm³/mol. The molecular weight excluding hydrogens is 311 g/mol. The number of benzene rings is 2. The van der Waals surface area contributed by atoms with E-state index in [0.717, 1.165) is 5.92 Å². The lowest BCUT2D eigenvalue weighted by Crippen LogP contribution is -2.09. The van der Waals surface area contributed by atoms with Crippen LogP contribution in [0.15, 0.2) is 42.5 Å². The Bertz CT molecular complexity index is 716. The summed E-state index contributed by atoms with van der Waals surface area (Å²) >= 11 is 0. The summed E-state index contributed by atoms with van der Waals surface area (Å²) in [5.74, 6) is 1.92. The van der Waals surface area contributed by atoms with Crippen molar-refractivity contribution in [1.82, 2.24) is 0 Å². The van der Waals surface area contributed by atoms with E-state index in [-0.39, 0.29) is 0 Å². The Kier molecular flexibility index (Phi) is 5.53. The molecule has 0 aliphatic heterocycles. The van der Waals surface area contributed by atoms with Crippen LogP contribution in [0.3, 0.4) is 0 Å². The van der Waals surface area contributed by atoms with Crippen molar-refractivity contribution < 1.29 is 0 Å². The van der Waals surface area contributed by atoms with Crippen molar-refractivity contribution in [2.75, 3.05) is 0 Å². The van der Waals surface area contributed by atoms with Crippen LogP contribution in [0.2, 0.25) is 5.82 Å². The van der Waals surface area contributed by atoms with Gasteiger partial charge in [-0.1, -0.05) is 80.4 Å². The van der Waals surface area contributed by atoms with Crippen LogP contribution in [-0.4, -0.2) is 7.85 Å². The summed E-state index contributed by atoms with van der Waals surface area (Å²) < 4.78 is 0. The van der Waals surface area contributed by atoms with Gasteiger partial charge in [-0.05, 0) is 72.3 Å². The highest BCUT2D eigenvalue weighted by Crippen LogP contribution is 2.38. The van der Waals surface area contributed by atoms with Crippen molar-refractivity contribution in [2.24, 2.45) is 0 Å². The maximum Gasteiger partial charge on any atom is 0.0699 e. The van der Waals surface area contributed by atoms with Gasteiger partial charge in [0, 0.05) is 0 Å². The minimum Gasteiger partial charge on any atom is -0.0773 e. The van der Waals surface area contributed by atoms with Crippen LogP contribution in [-0.2, 0) is 0 Å². The van der Waals surface area contributed by atoms with Crippen LogP contribution in [0.5, 0.6) is 0 Å². The van der Waals surface area contributed by atoms with Crippen molar-refractivity contribution in [3.05, 3.63) is 59.2 Å². The molecule has 0 unspecified atom stereocenters. The minimum atomic E-state index is 0.427. The lowest BCUT2D eigenvalue weighted by Gasteiger charge is -2.27. The molecule has 2 radical (unpaired) electrons. The normalized spacial score (nSPS) is 24.5. The van der Waals surface area contributed by atoms with E-state index in [0.29, 0.717) is 11.7 Å². The van der Waals surface area contributed by atoms with E-state index in [1.54, 1.807) is 5.56 Å². The minimum absolute atomic E-state index is 0.427. The van der Waals surface area contributed by atoms with Gasteiger partial charge in [0.1, 0.15) is 0 Å². The van der Waals surface area contributed by atoms with Gasteiger partial charge in [0.2, 0.25) is 0 Å². The monoisotopic (exact) mass is 342 g/mol. The molecule has 26 heavy (non-hydrogen) atoms. The van der Waals surface area contributed by atoms with E-state index in [1.165, 1.54) is 80.0 Å². The molecule has 1 heteroatoms. The lowest BCUT2D eigenvalue weighted by molar-refractivity contribution is 0.443. The molecule has 0 heterocycles. The van der Waals surface area contributed by atoms with Crippen molar-refractivity contribution in [1.29, 1.82) is 0 Å². The van der Waals surface area contributed by atoms with Crippen molar-refractivity contribution in [3.8, 4) is 11.1 Å². The molecule has 4 rings (SSSR count). The predicted octanol–water partition coefficient (Wildman–Crippen LogP) is 7.32. The Morgan fingerprint density at radius 2 is 1.31 bits per heavy atom. The van der Waals surface area contributed by atoms with Gasteiger partial charge in [-0.3, -0.25) is 0 Å². The summed E-state index contributed by atoms with van der Waals surface area (Å²) in [6.07, 6.45) is 11.8. The quantitative estimate of drug-likeness (QED) is 0.512. The lowest BCUT2D eigenvalue weighted by atomic mass is 9.70. The van der Waals surface area contributed by atoms with E-state index in [9.17, 15) is 0 Å². The Morgan fingerprint density at radius 3 is 1.96 bits per heavy atom. The van der Waals surface area contributed by atoms with Gasteiger partial charge in [0.15, 0.2) is 0 Å². The van der Waals surface area contributed by atoms with E-state index in [1.807, 2.05) is 0 Å². The summed E-state index contributed by atoms with van der Waals surface area (Å²) in [6.45, 7) is 2.28. The molecule has 0 atom stereocenters. The molecule has 134 valence electrons. The van der Waals surface area contributed by atoms with Crippen LogP contribution < -0.4 is 0 Å². The highest BCUT2D eigenvalue weighted by molar-refractivity contribution is 6.11. The molecule has 0 bridgehead atoms. The van der Waals surface area contributed by atoms with Crippen LogP contribution >= 0.6 is 0 Å². The molecule has 2 fully saturated rings. The van der Waals surface area contributed by atoms with Gasteiger partial charge in [-0.25, -0.2) is 0 Å². The first-order chi connectivity index (χ1) is 12.7. The molecule has 0 spiro atoms. The van der Waals surface area contributed by atoms with E-state index < -0.39 is 0 Å². The zero-order chi connectivity index (χ0) is 17.9. The molecule has 2 saturated carbocycles. The van der Waals surface area contributed by atoms with Gasteiger partial charge >= 0.3 is 0 Å². The molecule has 0 saturated heterocycles. The highest BCUT2D eigenvalue weighted by atomic mass is 14.2. The van der Waals surface area contributed by atoms with E-state index in [4.69, 9.17) is 7.85 Å². The summed E-state index contributed by atoms with van der Waals surface area (Å²) in [5, 5.41) is 0. The molecule has 2 aliphatic carbocycles. The van der Waals surface area contributed by atoms with Gasteiger partial charge < -0.3 is 0 Å². The highest BCUT2D eigenvalue weighted by Gasteiger charge is 2.20. The first kappa shape index (κ1) is 17.9. The summed E-state index contributed by atoms with van der Waals surface area (Å²) in [4.78, 5) is 0. The van der Waals surface area contributed by atoms with Gasteiger partial charge in [-0.2, -0.15) is 0 Å². The summed E-state index contributed by atoms with van der Waals surface area (Å²) in [5.41, 5.74) is 7.22. The second-order valence-electron chi connectivity index (χ2n) is 8.64. The zero-order valence-electron chi connectivity index (χ0n) is 16.2. The molecule has 2 aliphatic rings. The average Bonchev–Trinajstić information content (AvgIpc) is 2.69. The van der Waals surface area contributed by atoms with Crippen LogP contribution in [0.4, 0.5) is 0 Å². The van der Waals surface area contributed by atoms with Crippen LogP contribution in [0.25, 0.3) is 11.1 Å². The van der Waals surface area contributed by atoms with Crippen LogP contribution in [0, 0.1) is 6.92 Å². The maximum absolute atomic E-state index is 6.06. The molecule has 0 N–H and O–H groups in total. The second kappa shape index (κ2) is 8.03. The largest absolute Gasteiger partial charge is 0.0773 e. The third-order valence-corrected chi connectivity index (χ3v) is 6.79. The molecule has 2 aromatic carbocycles. The number of rotatable bonds is 3. The molecule has 2 aromatic rings. The summed E-state index contributed by atoms with van der Waals surface area (Å²) in [6, 6.07) is 16.5. The smallest absolute Gasteiger partial charge is 0.0699 e. The first-order valence-corrected chi connectivity index (χ1v) is 10.7. The zero-order valence-corrected chi connectivity index (χ0v) is 16.2. The second-order valence-corrected chi connectivity index (χ2v) is 8.64. The fourth-order valence-electron chi connectivity index (χ4n) is 5.09. The third-order valence-electron chi connectivity index (χ3n) is 6.79. The number of aryl methyl sites for hydroxylation is 1. The Labute approximate surface area is 160 Å². The van der Waals surface area contributed by atoms with Gasteiger partial charge in [0.05, 0.1) is 7.85 Å². The van der Waals surface area contributed by atoms with Crippen molar-refractivity contribution in [2.45, 2.75) is 82.4 Å². The fourth-order valence-corrected chi connectivity index (χ4v) is 5.09. The topological polar surface area (TPSA) is 0 Å². The Hall–Kier alpha value is -1.50. The third kappa shape index (κ3) is 3.92. The van der Waals surface area contributed by atoms with Crippen LogP contribution in [0.1, 0.15) is 86.3 Å². The molecule has 0 amide bonds. The van der Waals surface area contributed by atoms with E-state index in [2.05, 4.69) is 49.4 Å². The number of hydrogen-bond acceptors (Lipinski definition) is 0. The van der Waals surface area contributed by atoms with E-state index >= 15 is 0 Å². The standard InChI is InChI=1S/C25H31B/c1-18-17-23(19-5-3-2-4-6-19)13-16-25(18)22-9-7-20(8-10-22)21-11-14-24(26)15-12-21/h7-10,13,16-17,19,21,24H,2-6,11-12,14-15H2,1H3. The van der Waals surface area contributed by atoms with Gasteiger partial charge in [0.25, 0.3) is 0 Å². The van der Waals surface area contributed by atoms with Crippen molar-refractivity contribution in [3.63, 3.8) is 0 Å². The van der Waals surface area contributed by atoms with Crippen molar-refractivity contribution >= 4 is 7.85 Å².